The van der Waals surface area contributed by atoms with Crippen LogP contribution >= 0.6 is 8.53 Å². The molecule has 0 bridgehead atoms. The maximum atomic E-state index is 12.7. The fourth-order valence-corrected chi connectivity index (χ4v) is 5.96. The van der Waals surface area contributed by atoms with Gasteiger partial charge in [0.15, 0.2) is 5.82 Å². The molecule has 11 heteroatoms. The maximum Gasteiger partial charge on any atom is 0.323 e. The lowest BCUT2D eigenvalue weighted by molar-refractivity contribution is -0.152. The molecule has 5 rings (SSSR count). The molecule has 0 amide bonds. The lowest BCUT2D eigenvalue weighted by Crippen LogP contribution is -2.36. The van der Waals surface area contributed by atoms with Crippen molar-refractivity contribution >= 4 is 25.8 Å². The van der Waals surface area contributed by atoms with Crippen LogP contribution in [0.1, 0.15) is 63.7 Å². The Hall–Kier alpha value is -2.78. The highest BCUT2D eigenvalue weighted by Gasteiger charge is 2.31. The molecule has 37 heavy (non-hydrogen) atoms. The number of hydrogen-bond acceptors (Lipinski definition) is 9. The summed E-state index contributed by atoms with van der Waals surface area (Å²) in [6, 6.07) is 12.7. The molecule has 2 fully saturated rings. The molecule has 2 aliphatic rings. The Morgan fingerprint density at radius 2 is 1.97 bits per heavy atom. The van der Waals surface area contributed by atoms with Gasteiger partial charge < -0.3 is 24.3 Å². The van der Waals surface area contributed by atoms with Gasteiger partial charge in [-0.05, 0) is 69.7 Å². The second-order valence-corrected chi connectivity index (χ2v) is 10.7. The van der Waals surface area contributed by atoms with Crippen LogP contribution in [0.3, 0.4) is 0 Å². The van der Waals surface area contributed by atoms with Gasteiger partial charge in [-0.15, -0.1) is 0 Å². The van der Waals surface area contributed by atoms with E-state index in [-0.39, 0.29) is 24.3 Å². The first-order valence-corrected chi connectivity index (χ1v) is 14.1. The van der Waals surface area contributed by atoms with E-state index in [9.17, 15) is 4.79 Å². The second kappa shape index (κ2) is 12.2. The van der Waals surface area contributed by atoms with Crippen molar-refractivity contribution in [3.05, 3.63) is 54.5 Å². The van der Waals surface area contributed by atoms with E-state index in [1.165, 1.54) is 12.7 Å². The Morgan fingerprint density at radius 3 is 2.78 bits per heavy atom. The minimum Gasteiger partial charge on any atom is -0.461 e. The van der Waals surface area contributed by atoms with Gasteiger partial charge in [0.05, 0.1) is 18.4 Å². The van der Waals surface area contributed by atoms with Gasteiger partial charge in [-0.25, -0.2) is 14.6 Å². The normalized spacial score (nSPS) is 22.1. The van der Waals surface area contributed by atoms with E-state index in [4.69, 9.17) is 24.3 Å². The standard InChI is InChI=1S/C26H34N5O5P/c1-18(26(32)35-19-8-4-2-5-9-19)30-37(36-20-10-6-3-7-11-20)33-16-21-12-15-24(34-21)22-13-14-23-25(27)28-17-29-31(22)23/h3,6-7,10-11,13-14,17-19,21,24,30H,2,4-5,8-9,12,15-16H2,1H3,(H2,27,28,29). The first-order valence-electron chi connectivity index (χ1n) is 12.9. The summed E-state index contributed by atoms with van der Waals surface area (Å²) in [6.45, 7) is 2.11. The molecule has 10 nitrogen and oxygen atoms in total. The predicted molar refractivity (Wildman–Crippen MR) is 140 cm³/mol. The zero-order valence-electron chi connectivity index (χ0n) is 21.0. The van der Waals surface area contributed by atoms with E-state index in [1.54, 1.807) is 11.4 Å². The van der Waals surface area contributed by atoms with Gasteiger partial charge in [-0.3, -0.25) is 4.79 Å². The number of anilines is 1. The predicted octanol–water partition coefficient (Wildman–Crippen LogP) is 4.71. The number of nitrogens with zero attached hydrogens (tertiary/aromatic N) is 3. The topological polar surface area (TPSA) is 122 Å². The van der Waals surface area contributed by atoms with Crippen molar-refractivity contribution < 1.29 is 23.3 Å². The summed E-state index contributed by atoms with van der Waals surface area (Å²) in [7, 11) is -1.61. The van der Waals surface area contributed by atoms with Crippen LogP contribution in [0.5, 0.6) is 5.75 Å². The first-order chi connectivity index (χ1) is 18.1. The van der Waals surface area contributed by atoms with Crippen molar-refractivity contribution in [3.8, 4) is 5.75 Å². The van der Waals surface area contributed by atoms with Gasteiger partial charge >= 0.3 is 14.5 Å². The van der Waals surface area contributed by atoms with Gasteiger partial charge in [-0.1, -0.05) is 24.6 Å². The molecule has 1 saturated heterocycles. The lowest BCUT2D eigenvalue weighted by Gasteiger charge is -2.26. The maximum absolute atomic E-state index is 12.7. The summed E-state index contributed by atoms with van der Waals surface area (Å²) >= 11 is 0. The number of nitrogens with one attached hydrogen (secondary N) is 1. The second-order valence-electron chi connectivity index (χ2n) is 9.53. The van der Waals surface area contributed by atoms with Crippen molar-refractivity contribution in [2.45, 2.75) is 76.2 Å². The molecule has 4 atom stereocenters. The molecule has 3 N–H and O–H groups in total. The average Bonchev–Trinajstić information content (AvgIpc) is 3.56. The summed E-state index contributed by atoms with van der Waals surface area (Å²) in [5.41, 5.74) is 7.67. The molecule has 198 valence electrons. The quantitative estimate of drug-likeness (QED) is 0.285. The summed E-state index contributed by atoms with van der Waals surface area (Å²) in [5.74, 6) is 0.819. The zero-order chi connectivity index (χ0) is 25.6. The third-order valence-corrected chi connectivity index (χ3v) is 8.10. The fourth-order valence-electron chi connectivity index (χ4n) is 4.74. The number of ether oxygens (including phenoxy) is 2. The van der Waals surface area contributed by atoms with E-state index in [0.717, 1.165) is 49.7 Å². The van der Waals surface area contributed by atoms with Crippen molar-refractivity contribution in [3.63, 3.8) is 0 Å². The molecule has 1 aliphatic carbocycles. The zero-order valence-corrected chi connectivity index (χ0v) is 21.9. The summed E-state index contributed by atoms with van der Waals surface area (Å²) in [6.07, 6.45) is 8.14. The molecular formula is C26H34N5O5P. The van der Waals surface area contributed by atoms with Crippen LogP contribution in [0.15, 0.2) is 48.8 Å². The van der Waals surface area contributed by atoms with Crippen LogP contribution in [0, 0.1) is 0 Å². The molecule has 3 heterocycles. The number of hydrogen-bond donors (Lipinski definition) is 2. The molecule has 0 radical (unpaired) electrons. The molecule has 1 aliphatic heterocycles. The number of fused-ring (bicyclic) bond motifs is 1. The number of carbonyl (C=O) groups excluding carboxylic acids is 1. The molecule has 1 aromatic carbocycles. The van der Waals surface area contributed by atoms with Gasteiger partial charge in [0, 0.05) is 0 Å². The van der Waals surface area contributed by atoms with Crippen molar-refractivity contribution in [2.24, 2.45) is 0 Å². The lowest BCUT2D eigenvalue weighted by atomic mass is 9.98. The number of nitrogen functional groups attached to an aromatic ring is 1. The Kier molecular flexibility index (Phi) is 8.51. The highest BCUT2D eigenvalue weighted by molar-refractivity contribution is 7.45. The SMILES string of the molecule is CC(NP(OCC1CCC(c2ccc3c(N)ncnn23)O1)Oc1ccccc1)C(=O)OC1CCCCC1. The van der Waals surface area contributed by atoms with Gasteiger partial charge in [0.2, 0.25) is 0 Å². The minimum atomic E-state index is -1.61. The van der Waals surface area contributed by atoms with Crippen LogP contribution in [0.25, 0.3) is 5.52 Å². The fraction of sp³-hybridized carbons (Fsp3) is 0.500. The van der Waals surface area contributed by atoms with Crippen molar-refractivity contribution in [1.29, 1.82) is 0 Å². The minimum absolute atomic E-state index is 0.00210. The van der Waals surface area contributed by atoms with Crippen molar-refractivity contribution in [2.75, 3.05) is 12.3 Å². The van der Waals surface area contributed by atoms with Crippen LogP contribution < -0.4 is 15.3 Å². The number of aromatic nitrogens is 3. The van der Waals surface area contributed by atoms with E-state index < -0.39 is 14.6 Å². The van der Waals surface area contributed by atoms with Gasteiger partial charge in [-0.2, -0.15) is 5.10 Å². The van der Waals surface area contributed by atoms with E-state index in [2.05, 4.69) is 15.2 Å². The molecule has 3 aromatic rings. The Balaban J connectivity index is 1.18. The molecular weight excluding hydrogens is 493 g/mol. The summed E-state index contributed by atoms with van der Waals surface area (Å²) in [5, 5.41) is 7.53. The van der Waals surface area contributed by atoms with E-state index in [0.29, 0.717) is 18.2 Å². The van der Waals surface area contributed by atoms with Gasteiger partial charge in [0.1, 0.15) is 35.8 Å². The molecule has 2 aromatic heterocycles. The first kappa shape index (κ1) is 25.9. The largest absolute Gasteiger partial charge is 0.461 e. The number of nitrogens with two attached hydrogens (primary N) is 1. The van der Waals surface area contributed by atoms with Crippen LogP contribution in [-0.2, 0) is 18.8 Å². The molecule has 1 saturated carbocycles. The monoisotopic (exact) mass is 527 g/mol. The summed E-state index contributed by atoms with van der Waals surface area (Å²) < 4.78 is 26.1. The molecule has 0 spiro atoms. The van der Waals surface area contributed by atoms with E-state index >= 15 is 0 Å². The van der Waals surface area contributed by atoms with E-state index in [1.807, 2.05) is 42.5 Å². The van der Waals surface area contributed by atoms with Crippen LogP contribution in [0.2, 0.25) is 0 Å². The number of rotatable bonds is 10. The number of para-hydroxylation sites is 1. The third-order valence-electron chi connectivity index (χ3n) is 6.75. The number of esters is 1. The van der Waals surface area contributed by atoms with Crippen molar-refractivity contribution in [1.82, 2.24) is 19.7 Å². The summed E-state index contributed by atoms with van der Waals surface area (Å²) in [4.78, 5) is 16.8. The Morgan fingerprint density at radius 1 is 1.16 bits per heavy atom. The number of carbonyl (C=O) groups is 1. The third kappa shape index (κ3) is 6.57. The van der Waals surface area contributed by atoms with Gasteiger partial charge in [0.25, 0.3) is 0 Å². The molecule has 4 unspecified atom stereocenters. The van der Waals surface area contributed by atoms with Crippen LogP contribution in [0.4, 0.5) is 5.82 Å². The smallest absolute Gasteiger partial charge is 0.323 e. The highest BCUT2D eigenvalue weighted by atomic mass is 31.2. The van der Waals surface area contributed by atoms with Crippen LogP contribution in [-0.4, -0.2) is 45.4 Å². The Labute approximate surface area is 217 Å². The Bertz CT molecular complexity index is 1170. The highest BCUT2D eigenvalue weighted by Crippen LogP contribution is 2.39. The number of benzene rings is 1. The average molecular weight is 528 g/mol.